The van der Waals surface area contributed by atoms with Crippen LogP contribution >= 0.6 is 0 Å². The van der Waals surface area contributed by atoms with Gasteiger partial charge in [0.05, 0.1) is 13.2 Å². The molecule has 0 saturated carbocycles. The van der Waals surface area contributed by atoms with Crippen molar-refractivity contribution >= 4 is 5.91 Å². The molecule has 0 atom stereocenters. The second-order valence-corrected chi connectivity index (χ2v) is 4.84. The Bertz CT molecular complexity index is 507. The minimum absolute atomic E-state index is 0.174. The summed E-state index contributed by atoms with van der Waals surface area (Å²) >= 11 is 0. The van der Waals surface area contributed by atoms with Crippen molar-refractivity contribution in [3.05, 3.63) is 29.6 Å². The van der Waals surface area contributed by atoms with E-state index in [9.17, 15) is 9.18 Å². The van der Waals surface area contributed by atoms with Crippen LogP contribution < -0.4 is 10.1 Å². The highest BCUT2D eigenvalue weighted by molar-refractivity contribution is 5.78. The fraction of sp³-hybridized carbons (Fsp3) is 0.429. The number of carbonyl (C=O) groups excluding carboxylic acids is 1. The fourth-order valence-electron chi connectivity index (χ4n) is 1.64. The van der Waals surface area contributed by atoms with Crippen molar-refractivity contribution in [2.45, 2.75) is 25.7 Å². The van der Waals surface area contributed by atoms with Crippen molar-refractivity contribution < 1.29 is 13.9 Å². The van der Waals surface area contributed by atoms with E-state index in [1.165, 1.54) is 13.2 Å². The fourth-order valence-corrected chi connectivity index (χ4v) is 1.64. The van der Waals surface area contributed by atoms with Crippen LogP contribution in [0.1, 0.15) is 25.8 Å². The van der Waals surface area contributed by atoms with E-state index < -0.39 is 11.2 Å². The molecule has 0 aliphatic carbocycles. The number of halogens is 1. The third-order valence-corrected chi connectivity index (χ3v) is 2.90. The van der Waals surface area contributed by atoms with E-state index in [0.29, 0.717) is 6.54 Å². The first kappa shape index (κ1) is 15.0. The van der Waals surface area contributed by atoms with Crippen LogP contribution in [0.15, 0.2) is 18.2 Å². The van der Waals surface area contributed by atoms with Gasteiger partial charge in [-0.25, -0.2) is 4.39 Å². The second kappa shape index (κ2) is 6.19. The number of nitrogens with one attached hydrogen (secondary N) is 1. The summed E-state index contributed by atoms with van der Waals surface area (Å²) in [5, 5.41) is 11.1. The third-order valence-electron chi connectivity index (χ3n) is 2.90. The zero-order valence-electron chi connectivity index (χ0n) is 11.3. The first-order valence-corrected chi connectivity index (χ1v) is 5.88. The number of amides is 1. The molecule has 4 nitrogen and oxygen atoms in total. The van der Waals surface area contributed by atoms with Gasteiger partial charge in [0, 0.05) is 12.0 Å². The molecule has 0 radical (unpaired) electrons. The quantitative estimate of drug-likeness (QED) is 0.886. The normalized spacial score (nSPS) is 10.7. The van der Waals surface area contributed by atoms with Gasteiger partial charge < -0.3 is 10.1 Å². The lowest BCUT2D eigenvalue weighted by molar-refractivity contribution is -0.120. The van der Waals surface area contributed by atoms with E-state index in [4.69, 9.17) is 10.00 Å². The van der Waals surface area contributed by atoms with Gasteiger partial charge in [0.25, 0.3) is 0 Å². The molecule has 1 N–H and O–H groups in total. The van der Waals surface area contributed by atoms with Gasteiger partial charge in [-0.2, -0.15) is 5.26 Å². The highest BCUT2D eigenvalue weighted by Crippen LogP contribution is 2.27. The molecule has 1 amide bonds. The summed E-state index contributed by atoms with van der Waals surface area (Å²) < 4.78 is 18.5. The molecule has 1 aromatic carbocycles. The molecule has 0 aromatic heterocycles. The summed E-state index contributed by atoms with van der Waals surface area (Å²) in [6.07, 6.45) is -0.174. The number of carbonyl (C=O) groups is 1. The van der Waals surface area contributed by atoms with Crippen molar-refractivity contribution in [1.82, 2.24) is 5.32 Å². The number of hydrogen-bond acceptors (Lipinski definition) is 3. The highest BCUT2D eigenvalue weighted by Gasteiger charge is 2.22. The van der Waals surface area contributed by atoms with Gasteiger partial charge in [-0.3, -0.25) is 4.79 Å². The van der Waals surface area contributed by atoms with E-state index in [1.807, 2.05) is 13.8 Å². The van der Waals surface area contributed by atoms with E-state index >= 15 is 0 Å². The monoisotopic (exact) mass is 264 g/mol. The molecule has 5 heteroatoms. The number of hydrogen-bond donors (Lipinski definition) is 1. The van der Waals surface area contributed by atoms with Crippen LogP contribution in [0.2, 0.25) is 0 Å². The van der Waals surface area contributed by atoms with Crippen LogP contribution in [0.4, 0.5) is 4.39 Å². The molecule has 19 heavy (non-hydrogen) atoms. The van der Waals surface area contributed by atoms with Crippen LogP contribution in [0.3, 0.4) is 0 Å². The first-order valence-electron chi connectivity index (χ1n) is 5.88. The third kappa shape index (κ3) is 3.95. The molecule has 0 spiro atoms. The lowest BCUT2D eigenvalue weighted by atomic mass is 9.84. The number of nitriles is 1. The minimum Gasteiger partial charge on any atom is -0.494 e. The maximum Gasteiger partial charge on any atom is 0.234 e. The van der Waals surface area contributed by atoms with Crippen LogP contribution in [0.25, 0.3) is 0 Å². The van der Waals surface area contributed by atoms with E-state index in [0.717, 1.165) is 5.56 Å². The van der Waals surface area contributed by atoms with Crippen molar-refractivity contribution in [3.63, 3.8) is 0 Å². The Kier molecular flexibility index (Phi) is 4.87. The van der Waals surface area contributed by atoms with E-state index in [2.05, 4.69) is 5.32 Å². The van der Waals surface area contributed by atoms with E-state index in [1.54, 1.807) is 18.2 Å². The Morgan fingerprint density at radius 2 is 2.21 bits per heavy atom. The Hall–Kier alpha value is -2.09. The predicted octanol–water partition coefficient (Wildman–Crippen LogP) is 2.14. The standard InChI is InChI=1S/C14H17FN2O2/c1-14(2,9-17-13(18)6-7-16)10-4-5-12(19-3)11(15)8-10/h4-5,8H,6,9H2,1-3H3,(H,17,18). The zero-order valence-corrected chi connectivity index (χ0v) is 11.3. The SMILES string of the molecule is COc1ccc(C(C)(C)CNC(=O)CC#N)cc1F. The van der Waals surface area contributed by atoms with Crippen molar-refractivity contribution in [3.8, 4) is 11.8 Å². The number of methoxy groups -OCH3 is 1. The molecular weight excluding hydrogens is 247 g/mol. The Labute approximate surface area is 112 Å². The zero-order chi connectivity index (χ0) is 14.5. The van der Waals surface area contributed by atoms with Crippen LogP contribution in [-0.2, 0) is 10.2 Å². The Morgan fingerprint density at radius 3 is 2.74 bits per heavy atom. The van der Waals surface area contributed by atoms with Gasteiger partial charge in [0.2, 0.25) is 5.91 Å². The largest absolute Gasteiger partial charge is 0.494 e. The molecule has 0 unspecified atom stereocenters. The predicted molar refractivity (Wildman–Crippen MR) is 69.2 cm³/mol. The molecule has 0 bridgehead atoms. The Morgan fingerprint density at radius 1 is 1.53 bits per heavy atom. The summed E-state index contributed by atoms with van der Waals surface area (Å²) in [4.78, 5) is 11.3. The summed E-state index contributed by atoms with van der Waals surface area (Å²) in [6, 6.07) is 6.50. The number of rotatable bonds is 5. The van der Waals surface area contributed by atoms with Gasteiger partial charge in [-0.1, -0.05) is 19.9 Å². The van der Waals surface area contributed by atoms with Gasteiger partial charge in [-0.05, 0) is 17.7 Å². The Balaban J connectivity index is 2.79. The lowest BCUT2D eigenvalue weighted by Crippen LogP contribution is -2.36. The van der Waals surface area contributed by atoms with Crippen molar-refractivity contribution in [2.24, 2.45) is 0 Å². The summed E-state index contributed by atoms with van der Waals surface area (Å²) in [6.45, 7) is 4.11. The maximum atomic E-state index is 13.6. The van der Waals surface area contributed by atoms with Gasteiger partial charge in [-0.15, -0.1) is 0 Å². The molecule has 0 fully saturated rings. The summed E-state index contributed by atoms with van der Waals surface area (Å²) in [5.41, 5.74) is 0.321. The lowest BCUT2D eigenvalue weighted by Gasteiger charge is -2.25. The molecule has 0 heterocycles. The highest BCUT2D eigenvalue weighted by atomic mass is 19.1. The second-order valence-electron chi connectivity index (χ2n) is 4.84. The molecule has 1 aromatic rings. The minimum atomic E-state index is -0.434. The smallest absolute Gasteiger partial charge is 0.234 e. The topological polar surface area (TPSA) is 62.1 Å². The summed E-state index contributed by atoms with van der Waals surface area (Å²) in [5.74, 6) is -0.575. The molecular formula is C14H17FN2O2. The van der Waals surface area contributed by atoms with Crippen molar-refractivity contribution in [2.75, 3.05) is 13.7 Å². The van der Waals surface area contributed by atoms with Gasteiger partial charge in [0.1, 0.15) is 6.42 Å². The number of benzene rings is 1. The number of nitrogens with zero attached hydrogens (tertiary/aromatic N) is 1. The average molecular weight is 264 g/mol. The maximum absolute atomic E-state index is 13.6. The van der Waals surface area contributed by atoms with Crippen LogP contribution in [0, 0.1) is 17.1 Å². The van der Waals surface area contributed by atoms with Crippen LogP contribution in [-0.4, -0.2) is 19.6 Å². The molecule has 0 aliphatic rings. The van der Waals surface area contributed by atoms with E-state index in [-0.39, 0.29) is 18.1 Å². The average Bonchev–Trinajstić information content (AvgIpc) is 2.37. The van der Waals surface area contributed by atoms with Crippen molar-refractivity contribution in [1.29, 1.82) is 5.26 Å². The van der Waals surface area contributed by atoms with Gasteiger partial charge in [0.15, 0.2) is 11.6 Å². The molecule has 0 aliphatic heterocycles. The molecule has 1 rings (SSSR count). The van der Waals surface area contributed by atoms with Crippen LogP contribution in [0.5, 0.6) is 5.75 Å². The first-order chi connectivity index (χ1) is 8.90. The number of ether oxygens (including phenoxy) is 1. The summed E-state index contributed by atoms with van der Waals surface area (Å²) in [7, 11) is 1.41. The molecule has 0 saturated heterocycles. The molecule has 102 valence electrons. The van der Waals surface area contributed by atoms with Gasteiger partial charge >= 0.3 is 0 Å².